The number of nitrogens with one attached hydrogen (secondary N) is 1. The summed E-state index contributed by atoms with van der Waals surface area (Å²) >= 11 is 0. The van der Waals surface area contributed by atoms with Crippen molar-refractivity contribution in [2.45, 2.75) is 36.0 Å². The van der Waals surface area contributed by atoms with Crippen LogP contribution >= 0.6 is 0 Å². The second-order valence-electron chi connectivity index (χ2n) is 5.69. The van der Waals surface area contributed by atoms with E-state index in [1.807, 2.05) is 19.1 Å². The number of aryl methyl sites for hydroxylation is 2. The second-order valence-corrected chi connectivity index (χ2v) is 9.02. The number of nitrogens with two attached hydrogens (primary N) is 1. The van der Waals surface area contributed by atoms with Crippen LogP contribution in [0.4, 0.5) is 0 Å². The molecule has 3 N–H and O–H groups in total. The molecule has 136 valence electrons. The fraction of sp³-hybridized carbons (Fsp3) is 0.294. The highest BCUT2D eigenvalue weighted by Gasteiger charge is 2.13. The van der Waals surface area contributed by atoms with E-state index >= 15 is 0 Å². The summed E-state index contributed by atoms with van der Waals surface area (Å²) < 4.78 is 49.4. The van der Waals surface area contributed by atoms with E-state index in [0.717, 1.165) is 17.5 Å². The Morgan fingerprint density at radius 3 is 1.88 bits per heavy atom. The Kier molecular flexibility index (Phi) is 6.34. The molecular weight excluding hydrogens is 360 g/mol. The quantitative estimate of drug-likeness (QED) is 0.679. The molecule has 2 aromatic rings. The molecule has 0 saturated heterocycles. The van der Waals surface area contributed by atoms with Crippen LogP contribution in [0.1, 0.15) is 24.5 Å². The highest BCUT2D eigenvalue weighted by atomic mass is 32.2. The van der Waals surface area contributed by atoms with E-state index in [1.165, 1.54) is 12.1 Å². The molecule has 25 heavy (non-hydrogen) atoms. The van der Waals surface area contributed by atoms with Crippen molar-refractivity contribution in [2.75, 3.05) is 6.54 Å². The number of primary sulfonamides is 1. The van der Waals surface area contributed by atoms with Crippen molar-refractivity contribution in [1.29, 1.82) is 0 Å². The van der Waals surface area contributed by atoms with E-state index in [4.69, 9.17) is 5.14 Å². The predicted octanol–water partition coefficient (Wildman–Crippen LogP) is 1.81. The average molecular weight is 383 g/mol. The summed E-state index contributed by atoms with van der Waals surface area (Å²) in [5.74, 6) is 0. The molecule has 0 heterocycles. The van der Waals surface area contributed by atoms with Gasteiger partial charge in [-0.3, -0.25) is 0 Å². The first kappa shape index (κ1) is 19.6. The molecule has 0 radical (unpaired) electrons. The SMILES string of the molecule is CCc1ccc(S(=O)(=O)NCCCc2ccc(S(N)(=O)=O)cc2)cc1. The first-order valence-corrected chi connectivity index (χ1v) is 11.0. The molecule has 0 saturated carbocycles. The summed E-state index contributed by atoms with van der Waals surface area (Å²) in [6, 6.07) is 13.1. The molecule has 0 bridgehead atoms. The molecule has 0 spiro atoms. The van der Waals surface area contributed by atoms with Gasteiger partial charge < -0.3 is 0 Å². The van der Waals surface area contributed by atoms with Crippen molar-refractivity contribution in [3.63, 3.8) is 0 Å². The van der Waals surface area contributed by atoms with Crippen molar-refractivity contribution in [3.8, 4) is 0 Å². The molecule has 8 heteroatoms. The van der Waals surface area contributed by atoms with Crippen molar-refractivity contribution < 1.29 is 16.8 Å². The first-order chi connectivity index (χ1) is 11.7. The number of hydrogen-bond acceptors (Lipinski definition) is 4. The van der Waals surface area contributed by atoms with Crippen LogP contribution in [0.5, 0.6) is 0 Å². The van der Waals surface area contributed by atoms with Gasteiger partial charge in [0.1, 0.15) is 0 Å². The maximum Gasteiger partial charge on any atom is 0.240 e. The summed E-state index contributed by atoms with van der Waals surface area (Å²) in [7, 11) is -7.20. The molecule has 6 nitrogen and oxygen atoms in total. The van der Waals surface area contributed by atoms with E-state index < -0.39 is 20.0 Å². The molecule has 0 aromatic heterocycles. The smallest absolute Gasteiger partial charge is 0.225 e. The van der Waals surface area contributed by atoms with Gasteiger partial charge in [-0.25, -0.2) is 26.7 Å². The molecule has 0 aliphatic carbocycles. The van der Waals surface area contributed by atoms with Gasteiger partial charge in [-0.2, -0.15) is 0 Å². The first-order valence-electron chi connectivity index (χ1n) is 7.93. The van der Waals surface area contributed by atoms with Gasteiger partial charge in [-0.15, -0.1) is 0 Å². The average Bonchev–Trinajstić information content (AvgIpc) is 2.58. The van der Waals surface area contributed by atoms with Crippen LogP contribution in [0.25, 0.3) is 0 Å². The molecule has 0 fully saturated rings. The molecule has 2 aromatic carbocycles. The zero-order chi connectivity index (χ0) is 18.5. The van der Waals surface area contributed by atoms with E-state index in [0.29, 0.717) is 19.4 Å². The molecule has 0 unspecified atom stereocenters. The molecule has 0 aliphatic rings. The number of benzene rings is 2. The fourth-order valence-electron chi connectivity index (χ4n) is 2.33. The highest BCUT2D eigenvalue weighted by Crippen LogP contribution is 2.12. The zero-order valence-electron chi connectivity index (χ0n) is 14.0. The fourth-order valence-corrected chi connectivity index (χ4v) is 3.92. The lowest BCUT2D eigenvalue weighted by Crippen LogP contribution is -2.25. The lowest BCUT2D eigenvalue weighted by atomic mass is 10.1. The van der Waals surface area contributed by atoms with Gasteiger partial charge >= 0.3 is 0 Å². The standard InChI is InChI=1S/C17H22N2O4S2/c1-2-14-5-11-17(12-6-14)25(22,23)19-13-3-4-15-7-9-16(10-8-15)24(18,20)21/h5-12,19H,2-4,13H2,1H3,(H2,18,20,21). The predicted molar refractivity (Wildman–Crippen MR) is 97.1 cm³/mol. The maximum absolute atomic E-state index is 12.2. The van der Waals surface area contributed by atoms with Crippen LogP contribution in [-0.4, -0.2) is 23.4 Å². The van der Waals surface area contributed by atoms with E-state index in [-0.39, 0.29) is 9.79 Å². The summed E-state index contributed by atoms with van der Waals surface area (Å²) in [6.45, 7) is 2.31. The van der Waals surface area contributed by atoms with Crippen molar-refractivity contribution >= 4 is 20.0 Å². The van der Waals surface area contributed by atoms with Crippen LogP contribution < -0.4 is 9.86 Å². The molecule has 2 rings (SSSR count). The van der Waals surface area contributed by atoms with Gasteiger partial charge in [-0.05, 0) is 54.7 Å². The highest BCUT2D eigenvalue weighted by molar-refractivity contribution is 7.89. The number of hydrogen-bond donors (Lipinski definition) is 2. The van der Waals surface area contributed by atoms with Crippen molar-refractivity contribution in [1.82, 2.24) is 4.72 Å². The topological polar surface area (TPSA) is 106 Å². The Morgan fingerprint density at radius 2 is 1.36 bits per heavy atom. The Bertz CT molecular complexity index is 904. The van der Waals surface area contributed by atoms with E-state index in [9.17, 15) is 16.8 Å². The third kappa shape index (κ3) is 5.64. The Morgan fingerprint density at radius 1 is 0.840 bits per heavy atom. The van der Waals surface area contributed by atoms with Crippen molar-refractivity contribution in [3.05, 3.63) is 59.7 Å². The Hall–Kier alpha value is -1.74. The van der Waals surface area contributed by atoms with E-state index in [2.05, 4.69) is 4.72 Å². The largest absolute Gasteiger partial charge is 0.240 e. The van der Waals surface area contributed by atoms with Crippen LogP contribution in [0, 0.1) is 0 Å². The lowest BCUT2D eigenvalue weighted by molar-refractivity contribution is 0.578. The van der Waals surface area contributed by atoms with Gasteiger partial charge in [0.2, 0.25) is 20.0 Å². The van der Waals surface area contributed by atoms with Gasteiger partial charge in [-0.1, -0.05) is 31.2 Å². The van der Waals surface area contributed by atoms with Crippen molar-refractivity contribution in [2.24, 2.45) is 5.14 Å². The summed E-state index contributed by atoms with van der Waals surface area (Å²) in [5, 5.41) is 5.05. The molecule has 0 atom stereocenters. The molecule has 0 amide bonds. The Labute approximate surface area is 149 Å². The minimum absolute atomic E-state index is 0.0625. The third-order valence-corrected chi connectivity index (χ3v) is 6.23. The molecule has 0 aliphatic heterocycles. The van der Waals surface area contributed by atoms with Crippen LogP contribution in [-0.2, 0) is 32.9 Å². The number of sulfonamides is 2. The Balaban J connectivity index is 1.87. The van der Waals surface area contributed by atoms with Gasteiger partial charge in [0, 0.05) is 6.54 Å². The van der Waals surface area contributed by atoms with Gasteiger partial charge in [0.15, 0.2) is 0 Å². The van der Waals surface area contributed by atoms with Crippen LogP contribution in [0.15, 0.2) is 58.3 Å². The van der Waals surface area contributed by atoms with Gasteiger partial charge in [0.05, 0.1) is 9.79 Å². The third-order valence-electron chi connectivity index (χ3n) is 3.83. The second kappa shape index (κ2) is 8.09. The number of rotatable bonds is 8. The monoisotopic (exact) mass is 382 g/mol. The minimum atomic E-state index is -3.69. The zero-order valence-corrected chi connectivity index (χ0v) is 15.6. The van der Waals surface area contributed by atoms with Crippen LogP contribution in [0.2, 0.25) is 0 Å². The summed E-state index contributed by atoms with van der Waals surface area (Å²) in [5.41, 5.74) is 2.00. The summed E-state index contributed by atoms with van der Waals surface area (Å²) in [6.07, 6.45) is 2.08. The van der Waals surface area contributed by atoms with Crippen LogP contribution in [0.3, 0.4) is 0 Å². The minimum Gasteiger partial charge on any atom is -0.225 e. The maximum atomic E-state index is 12.2. The lowest BCUT2D eigenvalue weighted by Gasteiger charge is -2.08. The van der Waals surface area contributed by atoms with Gasteiger partial charge in [0.25, 0.3) is 0 Å². The molecular formula is C17H22N2O4S2. The van der Waals surface area contributed by atoms with E-state index in [1.54, 1.807) is 24.3 Å². The summed E-state index contributed by atoms with van der Waals surface area (Å²) in [4.78, 5) is 0.315. The normalized spacial score (nSPS) is 12.2.